The molecule has 16 heteroatoms. The third-order valence-electron chi connectivity index (χ3n) is 10.8. The smallest absolute Gasteiger partial charge is 0.305 e. The molecule has 2 aromatic carbocycles. The highest BCUT2D eigenvalue weighted by molar-refractivity contribution is 6.84. The molecule has 2 heterocycles. The molecule has 2 saturated heterocycles. The van der Waals surface area contributed by atoms with E-state index in [1.165, 1.54) is 50.9 Å². The van der Waals surface area contributed by atoms with E-state index in [4.69, 9.17) is 46.3 Å². The van der Waals surface area contributed by atoms with Gasteiger partial charge in [-0.25, -0.2) is 0 Å². The average molecular weight is 1360 g/mol. The molecular weight excluding hydrogens is 1210 g/mol. The molecular formula is C74H152Cl2O12Si2. The van der Waals surface area contributed by atoms with Gasteiger partial charge >= 0.3 is 11.9 Å². The van der Waals surface area contributed by atoms with Crippen molar-refractivity contribution >= 4 is 69.1 Å². The molecule has 3 aliphatic rings. The van der Waals surface area contributed by atoms with Crippen molar-refractivity contribution in [3.8, 4) is 0 Å². The van der Waals surface area contributed by atoms with Crippen molar-refractivity contribution in [2.75, 3.05) is 33.2 Å². The van der Waals surface area contributed by atoms with Gasteiger partial charge in [-0.15, -0.1) is 0 Å². The zero-order chi connectivity index (χ0) is 65.5. The highest BCUT2D eigenvalue weighted by atomic mass is 35.5. The Kier molecular flexibility index (Phi) is 77.9. The minimum atomic E-state index is -1.27. The second kappa shape index (κ2) is 59.7. The van der Waals surface area contributed by atoms with Gasteiger partial charge in [0.25, 0.3) is 0 Å². The van der Waals surface area contributed by atoms with Crippen LogP contribution in [0, 0.1) is 16.2 Å². The predicted octanol–water partition coefficient (Wildman–Crippen LogP) is 24.1. The third kappa shape index (κ3) is 72.4. The number of hydrogen-bond acceptors (Lipinski definition) is 12. The molecule has 0 bridgehead atoms. The summed E-state index contributed by atoms with van der Waals surface area (Å²) in [6.07, 6.45) is 2.45. The van der Waals surface area contributed by atoms with Crippen LogP contribution in [-0.2, 0) is 62.5 Å². The van der Waals surface area contributed by atoms with E-state index in [0.717, 1.165) is 24.0 Å². The van der Waals surface area contributed by atoms with E-state index < -0.39 is 28.6 Å². The quantitative estimate of drug-likeness (QED) is 0.0964. The van der Waals surface area contributed by atoms with E-state index in [1.807, 2.05) is 45.9 Å². The Labute approximate surface area is 573 Å². The number of carbonyl (C=O) groups excluding carboxylic acids is 5. The molecule has 0 atom stereocenters. The molecule has 2 aromatic rings. The standard InChI is InChI=1S/C11H20O4.C11H12O.C10H14.C8H22OSi2.C5H8O4.C5H8O2.2C5H12.C4H6Cl2.C2H6.8CH4/c1-3-9-12-5-11(6-13-9)7-14-10(4-2)15-8-11;1-11(2)7-10(12)8-5-3-4-6-9(8)11;1-10(2,3)9-7-5-4-6-8-9;1-7-10(3,4)9-11(5,6)8-2;1-4(6)8-3-9-5(2)7;1-4(6)3-5(2)7;2*1-5(2,3)4;1-3(2)4(5)6;1-2;;;;;;;;/h9-10H,3-8H2,1-2H3;3-6H,7H2,1-2H3;4-8H,1-3H3;7-8H2,1-6H3;3H2,1-2H3;3H2,1-2H3;2*1-4H3;1-2H3;1-2H3;8*1H4. The number of ether oxygens (including phenoxy) is 6. The summed E-state index contributed by atoms with van der Waals surface area (Å²) in [5.74, 6) is -0.761. The number of rotatable bonds is 10. The molecule has 542 valence electrons. The molecule has 1 spiro atoms. The van der Waals surface area contributed by atoms with E-state index >= 15 is 0 Å². The monoisotopic (exact) mass is 1360 g/mol. The first-order valence-corrected chi connectivity index (χ1v) is 36.3. The number of allylic oxidation sites excluding steroid dienone is 1. The van der Waals surface area contributed by atoms with Crippen LogP contribution >= 0.6 is 23.2 Å². The molecule has 0 unspecified atom stereocenters. The summed E-state index contributed by atoms with van der Waals surface area (Å²) in [7, 11) is -2.54. The van der Waals surface area contributed by atoms with Crippen molar-refractivity contribution in [1.29, 1.82) is 0 Å². The Bertz CT molecular complexity index is 1960. The molecule has 90 heavy (non-hydrogen) atoms. The van der Waals surface area contributed by atoms with Crippen molar-refractivity contribution in [2.45, 2.75) is 320 Å². The molecule has 2 aliphatic heterocycles. The van der Waals surface area contributed by atoms with Gasteiger partial charge < -0.3 is 32.5 Å². The molecule has 1 aliphatic carbocycles. The van der Waals surface area contributed by atoms with Crippen LogP contribution in [0.15, 0.2) is 64.7 Å². The zero-order valence-electron chi connectivity index (χ0n) is 57.3. The van der Waals surface area contributed by atoms with E-state index in [-0.39, 0.29) is 113 Å². The molecule has 0 N–H and O–H groups in total. The Morgan fingerprint density at radius 1 is 0.544 bits per heavy atom. The van der Waals surface area contributed by atoms with Crippen LogP contribution < -0.4 is 0 Å². The molecule has 2 fully saturated rings. The topological polar surface area (TPSA) is 150 Å². The van der Waals surface area contributed by atoms with Gasteiger partial charge in [0.15, 0.2) is 35.0 Å². The summed E-state index contributed by atoms with van der Waals surface area (Å²) in [4.78, 5) is 51.6. The van der Waals surface area contributed by atoms with E-state index in [0.29, 0.717) is 53.6 Å². The van der Waals surface area contributed by atoms with Crippen LogP contribution in [0.2, 0.25) is 38.3 Å². The number of ketones is 3. The number of benzene rings is 2. The van der Waals surface area contributed by atoms with Crippen LogP contribution in [0.4, 0.5) is 0 Å². The van der Waals surface area contributed by atoms with Crippen LogP contribution in [-0.4, -0.2) is 91.7 Å². The zero-order valence-corrected chi connectivity index (χ0v) is 60.8. The van der Waals surface area contributed by atoms with Crippen molar-refractivity contribution in [1.82, 2.24) is 0 Å². The molecule has 0 amide bonds. The fraction of sp³-hybridized carbons (Fsp3) is 0.743. The molecule has 12 nitrogen and oxygen atoms in total. The second-order valence-corrected chi connectivity index (χ2v) is 36.8. The maximum atomic E-state index is 11.5. The fourth-order valence-corrected chi connectivity index (χ4v) is 13.3. The van der Waals surface area contributed by atoms with E-state index in [2.05, 4.69) is 190 Å². The van der Waals surface area contributed by atoms with Gasteiger partial charge in [-0.2, -0.15) is 0 Å². The summed E-state index contributed by atoms with van der Waals surface area (Å²) in [5, 5.41) is 0. The van der Waals surface area contributed by atoms with Crippen molar-refractivity contribution in [3.63, 3.8) is 0 Å². The van der Waals surface area contributed by atoms with E-state index in [1.54, 1.807) is 0 Å². The van der Waals surface area contributed by atoms with E-state index in [9.17, 15) is 24.0 Å². The van der Waals surface area contributed by atoms with Gasteiger partial charge in [-0.1, -0.05) is 269 Å². The third-order valence-corrected chi connectivity index (χ3v) is 19.4. The van der Waals surface area contributed by atoms with Gasteiger partial charge in [-0.3, -0.25) is 24.0 Å². The summed E-state index contributed by atoms with van der Waals surface area (Å²) in [6, 6.07) is 20.9. The highest BCUT2D eigenvalue weighted by Gasteiger charge is 2.41. The first-order chi connectivity index (χ1) is 37.2. The second-order valence-electron chi connectivity index (χ2n) is 26.6. The average Bonchev–Trinajstić information content (AvgIpc) is 3.58. The molecule has 5 rings (SSSR count). The van der Waals surface area contributed by atoms with Gasteiger partial charge in [0.1, 0.15) is 16.1 Å². The number of esters is 2. The largest absolute Gasteiger partial charge is 0.456 e. The Hall–Kier alpha value is -3.06. The van der Waals surface area contributed by atoms with Gasteiger partial charge in [-0.05, 0) is 117 Å². The van der Waals surface area contributed by atoms with Crippen LogP contribution in [0.5, 0.6) is 0 Å². The lowest BCUT2D eigenvalue weighted by Crippen LogP contribution is -2.52. The summed E-state index contributed by atoms with van der Waals surface area (Å²) in [5.41, 5.74) is 5.75. The summed E-state index contributed by atoms with van der Waals surface area (Å²) < 4.78 is 37.5. The van der Waals surface area contributed by atoms with Crippen molar-refractivity contribution < 1.29 is 56.5 Å². The number of carbonyl (C=O) groups is 5. The SMILES string of the molecule is C.C.C.C.C.C.C.C.CC.CC(=O)CC(C)=O.CC(=O)OCOC(C)=O.CC(C)(C)C.CC(C)(C)C.CC(C)(C)c1ccccc1.CC(C)=C(Cl)Cl.CC1(C)CC(=O)c2ccccc21.CCC1OCC2(CO1)COC(CC)OC2.CC[Si](C)(C)O[Si](C)(C)CC. The number of hydrogen-bond donors (Lipinski definition) is 0. The highest BCUT2D eigenvalue weighted by Crippen LogP contribution is 2.38. The van der Waals surface area contributed by atoms with Crippen LogP contribution in [0.25, 0.3) is 0 Å². The van der Waals surface area contributed by atoms with Gasteiger partial charge in [0.05, 0.1) is 38.3 Å². The van der Waals surface area contributed by atoms with Crippen molar-refractivity contribution in [3.05, 3.63) is 81.4 Å². The summed E-state index contributed by atoms with van der Waals surface area (Å²) in [6.45, 7) is 61.7. The Balaban J connectivity index is -0.0000000677. The predicted molar refractivity (Wildman–Crippen MR) is 405 cm³/mol. The first kappa shape index (κ1) is 117. The Morgan fingerprint density at radius 3 is 1.04 bits per heavy atom. The van der Waals surface area contributed by atoms with Crippen LogP contribution in [0.3, 0.4) is 0 Å². The minimum absolute atomic E-state index is 0. The fourth-order valence-electron chi connectivity index (χ4n) is 6.18. The lowest BCUT2D eigenvalue weighted by molar-refractivity contribution is -0.302. The maximum absolute atomic E-state index is 11.5. The maximum Gasteiger partial charge on any atom is 0.305 e. The van der Waals surface area contributed by atoms with Crippen molar-refractivity contribution in [2.24, 2.45) is 16.2 Å². The van der Waals surface area contributed by atoms with Gasteiger partial charge in [0.2, 0.25) is 6.79 Å². The first-order valence-electron chi connectivity index (χ1n) is 29.3. The molecule has 0 radical (unpaired) electrons. The Morgan fingerprint density at radius 2 is 0.833 bits per heavy atom. The molecule has 0 aromatic heterocycles. The van der Waals surface area contributed by atoms with Crippen LogP contribution in [0.1, 0.15) is 280 Å². The lowest BCUT2D eigenvalue weighted by Gasteiger charge is -2.43. The minimum Gasteiger partial charge on any atom is -0.456 e. The normalized spacial score (nSPS) is 15.9. The number of fused-ring (bicyclic) bond motifs is 1. The van der Waals surface area contributed by atoms with Gasteiger partial charge in [0, 0.05) is 25.8 Å². The number of halogens is 2. The summed E-state index contributed by atoms with van der Waals surface area (Å²) >= 11 is 10.5. The number of Topliss-reactive ketones (excluding diaryl/α,β-unsaturated/α-hetero) is 3. The molecule has 0 saturated carbocycles. The lowest BCUT2D eigenvalue weighted by atomic mass is 9.87.